The third-order valence-corrected chi connectivity index (χ3v) is 5.75. The van der Waals surface area contributed by atoms with E-state index in [1.54, 1.807) is 0 Å². The van der Waals surface area contributed by atoms with Gasteiger partial charge in [-0.2, -0.15) is 13.2 Å². The molecule has 2 atom stereocenters. The first-order valence-electron chi connectivity index (χ1n) is 9.69. The van der Waals surface area contributed by atoms with Crippen molar-refractivity contribution in [3.63, 3.8) is 0 Å². The van der Waals surface area contributed by atoms with E-state index in [9.17, 15) is 23.1 Å². The molecule has 2 fully saturated rings. The fourth-order valence-corrected chi connectivity index (χ4v) is 4.26. The lowest BCUT2D eigenvalue weighted by Crippen LogP contribution is -2.35. The van der Waals surface area contributed by atoms with Crippen LogP contribution < -0.4 is 0 Å². The molecular formula is C20H27F3N2O2. The summed E-state index contributed by atoms with van der Waals surface area (Å²) < 4.78 is 39.7. The molecule has 0 saturated carbocycles. The van der Waals surface area contributed by atoms with Crippen LogP contribution in [0.3, 0.4) is 0 Å². The Morgan fingerprint density at radius 2 is 1.67 bits per heavy atom. The van der Waals surface area contributed by atoms with E-state index in [4.69, 9.17) is 0 Å². The number of halogens is 3. The molecule has 1 amide bonds. The molecule has 1 N–H and O–H groups in total. The van der Waals surface area contributed by atoms with Crippen LogP contribution >= 0.6 is 0 Å². The smallest absolute Gasteiger partial charge is 0.396 e. The topological polar surface area (TPSA) is 43.8 Å². The van der Waals surface area contributed by atoms with Crippen LogP contribution in [0.15, 0.2) is 24.3 Å². The minimum Gasteiger partial charge on any atom is -0.396 e. The summed E-state index contributed by atoms with van der Waals surface area (Å²) in [6.07, 6.45) is 0.191. The van der Waals surface area contributed by atoms with E-state index < -0.39 is 17.6 Å². The fourth-order valence-electron chi connectivity index (χ4n) is 4.26. The van der Waals surface area contributed by atoms with Crippen LogP contribution in [-0.4, -0.2) is 60.1 Å². The number of hydrogen-bond donors (Lipinski definition) is 1. The van der Waals surface area contributed by atoms with Crippen molar-refractivity contribution < 1.29 is 23.1 Å². The summed E-state index contributed by atoms with van der Waals surface area (Å²) in [5.41, 5.74) is -1.20. The molecule has 0 aromatic heterocycles. The molecule has 2 aliphatic rings. The first kappa shape index (κ1) is 20.1. The Balaban J connectivity index is 1.72. The van der Waals surface area contributed by atoms with Crippen molar-refractivity contribution in [1.82, 2.24) is 9.80 Å². The average molecular weight is 384 g/mol. The minimum absolute atomic E-state index is 0.0524. The molecule has 0 radical (unpaired) electrons. The number of nitrogens with zero attached hydrogens (tertiary/aromatic N) is 2. The first-order chi connectivity index (χ1) is 12.9. The molecule has 0 bridgehead atoms. The Morgan fingerprint density at radius 3 is 2.30 bits per heavy atom. The maximum absolute atomic E-state index is 13.2. The summed E-state index contributed by atoms with van der Waals surface area (Å²) in [4.78, 5) is 16.7. The monoisotopic (exact) mass is 384 g/mol. The molecular weight excluding hydrogens is 357 g/mol. The summed E-state index contributed by atoms with van der Waals surface area (Å²) in [6, 6.07) is 4.93. The van der Waals surface area contributed by atoms with E-state index in [1.165, 1.54) is 35.9 Å². The number of alkyl halides is 3. The highest BCUT2D eigenvalue weighted by Gasteiger charge is 2.40. The van der Waals surface area contributed by atoms with Crippen molar-refractivity contribution in [1.29, 1.82) is 0 Å². The highest BCUT2D eigenvalue weighted by atomic mass is 19.4. The van der Waals surface area contributed by atoms with Gasteiger partial charge >= 0.3 is 6.18 Å². The molecule has 3 rings (SSSR count). The first-order valence-corrected chi connectivity index (χ1v) is 9.69. The van der Waals surface area contributed by atoms with Crippen molar-refractivity contribution in [2.24, 2.45) is 11.8 Å². The third-order valence-electron chi connectivity index (χ3n) is 5.75. The molecule has 1 aromatic rings. The maximum atomic E-state index is 13.2. The molecule has 150 valence electrons. The van der Waals surface area contributed by atoms with Crippen molar-refractivity contribution in [3.05, 3.63) is 35.4 Å². The van der Waals surface area contributed by atoms with Gasteiger partial charge in [-0.25, -0.2) is 0 Å². The van der Waals surface area contributed by atoms with Crippen molar-refractivity contribution in [2.45, 2.75) is 31.9 Å². The molecule has 0 spiro atoms. The Hall–Kier alpha value is -1.60. The second-order valence-corrected chi connectivity index (χ2v) is 7.67. The van der Waals surface area contributed by atoms with Gasteiger partial charge in [-0.05, 0) is 44.0 Å². The van der Waals surface area contributed by atoms with Gasteiger partial charge < -0.3 is 14.9 Å². The van der Waals surface area contributed by atoms with Gasteiger partial charge in [0.1, 0.15) is 0 Å². The van der Waals surface area contributed by atoms with Crippen molar-refractivity contribution >= 4 is 5.91 Å². The zero-order valence-corrected chi connectivity index (χ0v) is 15.4. The van der Waals surface area contributed by atoms with Gasteiger partial charge in [-0.15, -0.1) is 0 Å². The summed E-state index contributed by atoms with van der Waals surface area (Å²) in [6.45, 7) is 3.46. The molecule has 0 unspecified atom stereocenters. The molecule has 2 saturated heterocycles. The number of carbonyl (C=O) groups is 1. The minimum atomic E-state index is -4.56. The van der Waals surface area contributed by atoms with Crippen LogP contribution in [0, 0.1) is 11.8 Å². The van der Waals surface area contributed by atoms with E-state index in [2.05, 4.69) is 4.90 Å². The quantitative estimate of drug-likeness (QED) is 0.867. The Bertz CT molecular complexity index is 642. The molecule has 1 aromatic carbocycles. The van der Waals surface area contributed by atoms with E-state index in [1.807, 2.05) is 0 Å². The van der Waals surface area contributed by atoms with Crippen LogP contribution in [0.1, 0.15) is 41.6 Å². The number of rotatable bonds is 4. The zero-order valence-electron chi connectivity index (χ0n) is 15.4. The Morgan fingerprint density at radius 1 is 1.04 bits per heavy atom. The van der Waals surface area contributed by atoms with E-state index >= 15 is 0 Å². The van der Waals surface area contributed by atoms with E-state index in [0.29, 0.717) is 13.1 Å². The van der Waals surface area contributed by atoms with Crippen LogP contribution in [0.5, 0.6) is 0 Å². The number of benzene rings is 1. The highest BCUT2D eigenvalue weighted by Crippen LogP contribution is 2.34. The maximum Gasteiger partial charge on any atom is 0.417 e. The second kappa shape index (κ2) is 8.61. The van der Waals surface area contributed by atoms with Gasteiger partial charge in [0.15, 0.2) is 0 Å². The van der Waals surface area contributed by atoms with E-state index in [0.717, 1.165) is 38.5 Å². The highest BCUT2D eigenvalue weighted by molar-refractivity contribution is 5.96. The molecule has 2 heterocycles. The van der Waals surface area contributed by atoms with Gasteiger partial charge in [0.2, 0.25) is 0 Å². The Labute approximate surface area is 158 Å². The normalized spacial score (nSPS) is 24.8. The van der Waals surface area contributed by atoms with Gasteiger partial charge in [0, 0.05) is 32.2 Å². The number of hydrogen-bond acceptors (Lipinski definition) is 3. The van der Waals surface area contributed by atoms with Crippen molar-refractivity contribution in [2.75, 3.05) is 39.3 Å². The molecule has 2 aliphatic heterocycles. The van der Waals surface area contributed by atoms with E-state index in [-0.39, 0.29) is 24.0 Å². The van der Waals surface area contributed by atoms with Gasteiger partial charge in [-0.3, -0.25) is 4.79 Å². The van der Waals surface area contributed by atoms with Crippen LogP contribution in [0.4, 0.5) is 13.2 Å². The van der Waals surface area contributed by atoms with Gasteiger partial charge in [0.25, 0.3) is 5.91 Å². The summed E-state index contributed by atoms with van der Waals surface area (Å²) >= 11 is 0. The number of likely N-dealkylation sites (tertiary alicyclic amines) is 2. The fraction of sp³-hybridized carbons (Fsp3) is 0.650. The SMILES string of the molecule is O=C(c1ccccc1C(F)(F)F)N1C[C@@H](CN2CCCCCC2)[C@@H](CO)C1. The lowest BCUT2D eigenvalue weighted by molar-refractivity contribution is -0.138. The predicted octanol–water partition coefficient (Wildman–Crippen LogP) is 3.26. The number of amides is 1. The van der Waals surface area contributed by atoms with Gasteiger partial charge in [-0.1, -0.05) is 25.0 Å². The summed E-state index contributed by atoms with van der Waals surface area (Å²) in [5.74, 6) is -0.593. The van der Waals surface area contributed by atoms with Crippen LogP contribution in [0.25, 0.3) is 0 Å². The number of aliphatic hydroxyl groups excluding tert-OH is 1. The summed E-state index contributed by atoms with van der Waals surface area (Å²) in [7, 11) is 0. The molecule has 27 heavy (non-hydrogen) atoms. The van der Waals surface area contributed by atoms with Crippen LogP contribution in [-0.2, 0) is 6.18 Å². The van der Waals surface area contributed by atoms with Crippen LogP contribution in [0.2, 0.25) is 0 Å². The molecule has 0 aliphatic carbocycles. The third kappa shape index (κ3) is 4.82. The second-order valence-electron chi connectivity index (χ2n) is 7.67. The lowest BCUT2D eigenvalue weighted by Gasteiger charge is -2.26. The van der Waals surface area contributed by atoms with Gasteiger partial charge in [0.05, 0.1) is 11.1 Å². The lowest BCUT2D eigenvalue weighted by atomic mass is 9.96. The standard InChI is InChI=1S/C20H27F3N2O2/c21-20(22,23)18-8-4-3-7-17(18)19(27)25-12-15(16(13-25)14-26)11-24-9-5-1-2-6-10-24/h3-4,7-8,15-16,26H,1-2,5-6,9-14H2/t15-,16-/m1/s1. The largest absolute Gasteiger partial charge is 0.417 e. The molecule has 7 heteroatoms. The molecule has 4 nitrogen and oxygen atoms in total. The average Bonchev–Trinajstić information content (AvgIpc) is 2.87. The summed E-state index contributed by atoms with van der Waals surface area (Å²) in [5, 5.41) is 9.74. The Kier molecular flexibility index (Phi) is 6.42. The predicted molar refractivity (Wildman–Crippen MR) is 96.3 cm³/mol. The zero-order chi connectivity index (χ0) is 19.4. The number of carbonyl (C=O) groups excluding carboxylic acids is 1. The van der Waals surface area contributed by atoms with Crippen molar-refractivity contribution in [3.8, 4) is 0 Å². The number of aliphatic hydroxyl groups is 1.